The molecule has 26 heavy (non-hydrogen) atoms. The molecule has 2 aromatic carbocycles. The van der Waals surface area contributed by atoms with Crippen LogP contribution in [0.25, 0.3) is 0 Å². The number of nitrogens with zero attached hydrogens (tertiary/aromatic N) is 2. The van der Waals surface area contributed by atoms with Gasteiger partial charge < -0.3 is 15.4 Å². The van der Waals surface area contributed by atoms with Crippen molar-refractivity contribution in [3.63, 3.8) is 0 Å². The quantitative estimate of drug-likeness (QED) is 0.663. The van der Waals surface area contributed by atoms with Gasteiger partial charge in [0.25, 0.3) is 0 Å². The second-order valence-electron chi connectivity index (χ2n) is 5.78. The van der Waals surface area contributed by atoms with Crippen LogP contribution in [0.3, 0.4) is 0 Å². The number of aryl methyl sites for hydroxylation is 1. The number of halogens is 1. The summed E-state index contributed by atoms with van der Waals surface area (Å²) in [5.74, 6) is 2.38. The summed E-state index contributed by atoms with van der Waals surface area (Å²) in [7, 11) is 1.67. The van der Waals surface area contributed by atoms with Crippen molar-refractivity contribution in [2.45, 2.75) is 13.3 Å². The van der Waals surface area contributed by atoms with Crippen LogP contribution in [-0.2, 0) is 6.42 Å². The van der Waals surface area contributed by atoms with Crippen molar-refractivity contribution in [1.29, 1.82) is 0 Å². The van der Waals surface area contributed by atoms with Gasteiger partial charge in [0.05, 0.1) is 12.8 Å². The summed E-state index contributed by atoms with van der Waals surface area (Å²) < 4.78 is 19.2. The Hall–Kier alpha value is -3.15. The highest BCUT2D eigenvalue weighted by molar-refractivity contribution is 5.59. The van der Waals surface area contributed by atoms with E-state index in [9.17, 15) is 4.39 Å². The van der Waals surface area contributed by atoms with Gasteiger partial charge in [-0.2, -0.15) is 0 Å². The molecule has 0 saturated carbocycles. The highest BCUT2D eigenvalue weighted by atomic mass is 19.1. The first kappa shape index (κ1) is 17.7. The third kappa shape index (κ3) is 4.47. The van der Waals surface area contributed by atoms with Gasteiger partial charge in [-0.1, -0.05) is 30.3 Å². The predicted octanol–water partition coefficient (Wildman–Crippen LogP) is 4.33. The fourth-order valence-corrected chi connectivity index (χ4v) is 2.66. The Morgan fingerprint density at radius 3 is 2.54 bits per heavy atom. The first-order chi connectivity index (χ1) is 12.7. The zero-order chi connectivity index (χ0) is 18.4. The molecule has 6 heteroatoms. The van der Waals surface area contributed by atoms with E-state index in [-0.39, 0.29) is 5.82 Å². The van der Waals surface area contributed by atoms with Crippen LogP contribution in [0.5, 0.6) is 5.75 Å². The van der Waals surface area contributed by atoms with Crippen LogP contribution in [0.1, 0.15) is 11.4 Å². The summed E-state index contributed by atoms with van der Waals surface area (Å²) in [5.41, 5.74) is 1.50. The maximum atomic E-state index is 13.8. The van der Waals surface area contributed by atoms with E-state index in [2.05, 4.69) is 20.6 Å². The lowest BCUT2D eigenvalue weighted by atomic mass is 10.1. The van der Waals surface area contributed by atoms with E-state index in [0.29, 0.717) is 29.7 Å². The van der Waals surface area contributed by atoms with E-state index >= 15 is 0 Å². The van der Waals surface area contributed by atoms with Gasteiger partial charge in [-0.25, -0.2) is 14.4 Å². The standard InChI is InChI=1S/C20H21FN4O/c1-14-23-19(22-12-11-15-7-3-6-10-18(15)26-2)13-20(24-14)25-17-9-5-4-8-16(17)21/h3-10,13H,11-12H2,1-2H3,(H2,22,23,24,25). The lowest BCUT2D eigenvalue weighted by molar-refractivity contribution is 0.410. The number of hydrogen-bond donors (Lipinski definition) is 2. The lowest BCUT2D eigenvalue weighted by Crippen LogP contribution is -2.09. The topological polar surface area (TPSA) is 59.1 Å². The minimum absolute atomic E-state index is 0.325. The Morgan fingerprint density at radius 1 is 1.00 bits per heavy atom. The van der Waals surface area contributed by atoms with E-state index in [1.807, 2.05) is 24.3 Å². The van der Waals surface area contributed by atoms with Gasteiger partial charge in [0.2, 0.25) is 0 Å². The molecule has 0 fully saturated rings. The SMILES string of the molecule is COc1ccccc1CCNc1cc(Nc2ccccc2F)nc(C)n1. The van der Waals surface area contributed by atoms with Crippen molar-refractivity contribution in [1.82, 2.24) is 9.97 Å². The number of ether oxygens (including phenoxy) is 1. The predicted molar refractivity (Wildman–Crippen MR) is 102 cm³/mol. The van der Waals surface area contributed by atoms with Gasteiger partial charge in [0.1, 0.15) is 29.0 Å². The van der Waals surface area contributed by atoms with E-state index in [0.717, 1.165) is 17.7 Å². The fourth-order valence-electron chi connectivity index (χ4n) is 2.66. The van der Waals surface area contributed by atoms with Crippen LogP contribution in [0.2, 0.25) is 0 Å². The molecule has 3 rings (SSSR count). The number of aromatic nitrogens is 2. The summed E-state index contributed by atoms with van der Waals surface area (Å²) in [6.07, 6.45) is 0.795. The van der Waals surface area contributed by atoms with Crippen LogP contribution in [-0.4, -0.2) is 23.6 Å². The zero-order valence-corrected chi connectivity index (χ0v) is 14.8. The molecular formula is C20H21FN4O. The Kier molecular flexibility index (Phi) is 5.63. The minimum atomic E-state index is -0.325. The summed E-state index contributed by atoms with van der Waals surface area (Å²) in [6, 6.07) is 16.2. The number of hydrogen-bond acceptors (Lipinski definition) is 5. The maximum Gasteiger partial charge on any atom is 0.146 e. The summed E-state index contributed by atoms with van der Waals surface area (Å²) >= 11 is 0. The molecule has 0 unspecified atom stereocenters. The van der Waals surface area contributed by atoms with Gasteiger partial charge >= 0.3 is 0 Å². The normalized spacial score (nSPS) is 10.4. The first-order valence-electron chi connectivity index (χ1n) is 8.38. The molecule has 1 heterocycles. The van der Waals surface area contributed by atoms with E-state index < -0.39 is 0 Å². The molecule has 0 atom stereocenters. The molecule has 5 nitrogen and oxygen atoms in total. The largest absolute Gasteiger partial charge is 0.496 e. The van der Waals surface area contributed by atoms with Crippen molar-refractivity contribution in [3.8, 4) is 5.75 Å². The molecule has 1 aromatic heterocycles. The van der Waals surface area contributed by atoms with Crippen LogP contribution in [0.15, 0.2) is 54.6 Å². The van der Waals surface area contributed by atoms with E-state index in [4.69, 9.17) is 4.74 Å². The monoisotopic (exact) mass is 352 g/mol. The van der Waals surface area contributed by atoms with E-state index in [1.54, 1.807) is 38.3 Å². The van der Waals surface area contributed by atoms with Crippen molar-refractivity contribution in [3.05, 3.63) is 71.8 Å². The number of benzene rings is 2. The summed E-state index contributed by atoms with van der Waals surface area (Å²) in [5, 5.41) is 6.28. The molecule has 0 bridgehead atoms. The Bertz CT molecular complexity index is 885. The third-order valence-corrected chi connectivity index (χ3v) is 3.87. The Labute approximate surface area is 152 Å². The molecule has 0 radical (unpaired) electrons. The Balaban J connectivity index is 1.67. The van der Waals surface area contributed by atoms with Crippen molar-refractivity contribution in [2.75, 3.05) is 24.3 Å². The van der Waals surface area contributed by atoms with Gasteiger partial charge in [-0.15, -0.1) is 0 Å². The van der Waals surface area contributed by atoms with Gasteiger partial charge in [-0.3, -0.25) is 0 Å². The molecule has 0 spiro atoms. The average Bonchev–Trinajstić information content (AvgIpc) is 2.64. The van der Waals surface area contributed by atoms with Gasteiger partial charge in [0.15, 0.2) is 0 Å². The molecule has 0 aliphatic rings. The Morgan fingerprint density at radius 2 is 1.73 bits per heavy atom. The van der Waals surface area contributed by atoms with Crippen molar-refractivity contribution < 1.29 is 9.13 Å². The van der Waals surface area contributed by atoms with Crippen molar-refractivity contribution >= 4 is 17.3 Å². The fraction of sp³-hybridized carbons (Fsp3) is 0.200. The second kappa shape index (κ2) is 8.29. The number of rotatable bonds is 7. The molecule has 0 amide bonds. The van der Waals surface area contributed by atoms with E-state index in [1.165, 1.54) is 6.07 Å². The smallest absolute Gasteiger partial charge is 0.146 e. The molecule has 0 saturated heterocycles. The van der Waals surface area contributed by atoms with Crippen LogP contribution in [0, 0.1) is 12.7 Å². The molecule has 0 aliphatic heterocycles. The molecule has 2 N–H and O–H groups in total. The maximum absolute atomic E-state index is 13.8. The lowest BCUT2D eigenvalue weighted by Gasteiger charge is -2.12. The molecule has 134 valence electrons. The molecule has 0 aliphatic carbocycles. The first-order valence-corrected chi connectivity index (χ1v) is 8.38. The van der Waals surface area contributed by atoms with Crippen LogP contribution >= 0.6 is 0 Å². The highest BCUT2D eigenvalue weighted by Gasteiger charge is 2.06. The zero-order valence-electron chi connectivity index (χ0n) is 14.8. The number of anilines is 3. The summed E-state index contributed by atoms with van der Waals surface area (Å²) in [6.45, 7) is 2.49. The average molecular weight is 352 g/mol. The number of nitrogens with one attached hydrogen (secondary N) is 2. The molecular weight excluding hydrogens is 331 g/mol. The van der Waals surface area contributed by atoms with Crippen LogP contribution < -0.4 is 15.4 Å². The molecule has 3 aromatic rings. The minimum Gasteiger partial charge on any atom is -0.496 e. The van der Waals surface area contributed by atoms with Crippen molar-refractivity contribution in [2.24, 2.45) is 0 Å². The number of methoxy groups -OCH3 is 1. The highest BCUT2D eigenvalue weighted by Crippen LogP contribution is 2.21. The third-order valence-electron chi connectivity index (χ3n) is 3.87. The summed E-state index contributed by atoms with van der Waals surface area (Å²) in [4.78, 5) is 8.70. The number of para-hydroxylation sites is 2. The van der Waals surface area contributed by atoms with Gasteiger partial charge in [0, 0.05) is 12.6 Å². The van der Waals surface area contributed by atoms with Crippen LogP contribution in [0.4, 0.5) is 21.7 Å². The van der Waals surface area contributed by atoms with Gasteiger partial charge in [-0.05, 0) is 37.1 Å². The second-order valence-corrected chi connectivity index (χ2v) is 5.78.